The Bertz CT molecular complexity index is 240. The van der Waals surface area contributed by atoms with Crippen LogP contribution in [0.15, 0.2) is 0 Å². The van der Waals surface area contributed by atoms with Crippen LogP contribution in [0.3, 0.4) is 0 Å². The van der Waals surface area contributed by atoms with Crippen molar-refractivity contribution in [2.75, 3.05) is 18.1 Å². The van der Waals surface area contributed by atoms with E-state index in [0.29, 0.717) is 18.9 Å². The van der Waals surface area contributed by atoms with Gasteiger partial charge in [-0.15, -0.1) is 0 Å². The van der Waals surface area contributed by atoms with Crippen molar-refractivity contribution < 1.29 is 19.4 Å². The first kappa shape index (κ1) is 12.2. The van der Waals surface area contributed by atoms with Gasteiger partial charge in [0.25, 0.3) is 0 Å². The van der Waals surface area contributed by atoms with E-state index in [-0.39, 0.29) is 18.8 Å². The van der Waals surface area contributed by atoms with E-state index in [9.17, 15) is 4.79 Å². The fraction of sp³-hybridized carbons (Fsp3) is 0.909. The van der Waals surface area contributed by atoms with Gasteiger partial charge in [-0.3, -0.25) is 4.79 Å². The molecule has 2 fully saturated rings. The van der Waals surface area contributed by atoms with Crippen LogP contribution in [0.1, 0.15) is 25.7 Å². The molecule has 0 aromatic heterocycles. The van der Waals surface area contributed by atoms with Gasteiger partial charge in [-0.25, -0.2) is 0 Å². The van der Waals surface area contributed by atoms with Crippen molar-refractivity contribution in [1.29, 1.82) is 0 Å². The van der Waals surface area contributed by atoms with Crippen LogP contribution < -0.4 is 0 Å². The molecule has 2 aliphatic heterocycles. The van der Waals surface area contributed by atoms with Gasteiger partial charge in [-0.1, -0.05) is 0 Å². The Morgan fingerprint density at radius 1 is 1.38 bits per heavy atom. The molecule has 0 amide bonds. The van der Waals surface area contributed by atoms with Crippen LogP contribution in [-0.2, 0) is 14.3 Å². The van der Waals surface area contributed by atoms with E-state index in [2.05, 4.69) is 0 Å². The zero-order valence-electron chi connectivity index (χ0n) is 9.26. The molecule has 2 unspecified atom stereocenters. The molecular weight excluding hydrogens is 228 g/mol. The fourth-order valence-corrected chi connectivity index (χ4v) is 3.28. The maximum atomic E-state index is 10.4. The van der Waals surface area contributed by atoms with Crippen molar-refractivity contribution in [2.45, 2.75) is 38.1 Å². The van der Waals surface area contributed by atoms with Crippen molar-refractivity contribution in [3.63, 3.8) is 0 Å². The second-order valence-corrected chi connectivity index (χ2v) is 5.57. The monoisotopic (exact) mass is 246 g/mol. The Kier molecular flexibility index (Phi) is 4.49. The number of carboxylic acids is 1. The summed E-state index contributed by atoms with van der Waals surface area (Å²) in [7, 11) is 0. The summed E-state index contributed by atoms with van der Waals surface area (Å²) < 4.78 is 11.4. The molecule has 5 heteroatoms. The second-order valence-electron chi connectivity index (χ2n) is 4.34. The first-order valence-corrected chi connectivity index (χ1v) is 6.98. The molecule has 2 aliphatic rings. The van der Waals surface area contributed by atoms with Crippen molar-refractivity contribution in [3.8, 4) is 0 Å². The first-order chi connectivity index (χ1) is 7.75. The summed E-state index contributed by atoms with van der Waals surface area (Å²) in [5.41, 5.74) is 0. The van der Waals surface area contributed by atoms with E-state index in [4.69, 9.17) is 14.6 Å². The summed E-state index contributed by atoms with van der Waals surface area (Å²) in [5, 5.41) is 8.59. The van der Waals surface area contributed by atoms with E-state index < -0.39 is 5.97 Å². The van der Waals surface area contributed by atoms with Crippen molar-refractivity contribution >= 4 is 17.7 Å². The molecule has 2 atom stereocenters. The molecule has 0 bridgehead atoms. The van der Waals surface area contributed by atoms with Gasteiger partial charge in [-0.05, 0) is 30.8 Å². The first-order valence-electron chi connectivity index (χ1n) is 5.82. The van der Waals surface area contributed by atoms with Crippen LogP contribution >= 0.6 is 11.8 Å². The number of hydrogen-bond acceptors (Lipinski definition) is 4. The SMILES string of the molecule is O=C(O)CCC1COC(C2CCSCC2)O1. The number of hydrogen-bond donors (Lipinski definition) is 1. The van der Waals surface area contributed by atoms with Gasteiger partial charge in [0.15, 0.2) is 6.29 Å². The molecule has 1 N–H and O–H groups in total. The highest BCUT2D eigenvalue weighted by molar-refractivity contribution is 7.99. The van der Waals surface area contributed by atoms with Crippen molar-refractivity contribution in [1.82, 2.24) is 0 Å². The molecule has 2 heterocycles. The number of ether oxygens (including phenoxy) is 2. The van der Waals surface area contributed by atoms with Gasteiger partial charge >= 0.3 is 5.97 Å². The third-order valence-electron chi connectivity index (χ3n) is 3.10. The van der Waals surface area contributed by atoms with Crippen LogP contribution in [0, 0.1) is 5.92 Å². The number of carboxylic acid groups (broad SMARTS) is 1. The molecule has 0 saturated carbocycles. The van der Waals surface area contributed by atoms with Crippen LogP contribution in [0.4, 0.5) is 0 Å². The molecule has 0 aliphatic carbocycles. The molecule has 0 aromatic rings. The molecule has 16 heavy (non-hydrogen) atoms. The van der Waals surface area contributed by atoms with E-state index in [1.54, 1.807) is 0 Å². The van der Waals surface area contributed by atoms with Gasteiger partial charge in [0.1, 0.15) is 0 Å². The molecular formula is C11H18O4S. The molecule has 4 nitrogen and oxygen atoms in total. The Balaban J connectivity index is 1.72. The lowest BCUT2D eigenvalue weighted by Gasteiger charge is -2.25. The lowest BCUT2D eigenvalue weighted by molar-refractivity contribution is -0.138. The highest BCUT2D eigenvalue weighted by Crippen LogP contribution is 2.31. The fourth-order valence-electron chi connectivity index (χ4n) is 2.14. The molecule has 2 saturated heterocycles. The number of thioether (sulfide) groups is 1. The smallest absolute Gasteiger partial charge is 0.303 e. The highest BCUT2D eigenvalue weighted by Gasteiger charge is 2.33. The van der Waals surface area contributed by atoms with E-state index >= 15 is 0 Å². The second kappa shape index (κ2) is 5.89. The predicted octanol–water partition coefficient (Wildman–Crippen LogP) is 1.74. The predicted molar refractivity (Wildman–Crippen MR) is 61.5 cm³/mol. The van der Waals surface area contributed by atoms with E-state index in [0.717, 1.165) is 12.8 Å². The summed E-state index contributed by atoms with van der Waals surface area (Å²) in [6.07, 6.45) is 2.94. The summed E-state index contributed by atoms with van der Waals surface area (Å²) in [5.74, 6) is 2.12. The molecule has 2 rings (SSSR count). The molecule has 92 valence electrons. The largest absolute Gasteiger partial charge is 0.481 e. The summed E-state index contributed by atoms with van der Waals surface area (Å²) in [6.45, 7) is 0.557. The van der Waals surface area contributed by atoms with E-state index in [1.807, 2.05) is 11.8 Å². The Morgan fingerprint density at radius 3 is 2.81 bits per heavy atom. The molecule has 0 spiro atoms. The molecule has 0 radical (unpaired) electrons. The lowest BCUT2D eigenvalue weighted by Crippen LogP contribution is -2.26. The summed E-state index contributed by atoms with van der Waals surface area (Å²) >= 11 is 1.98. The Labute approximate surface area is 99.7 Å². The van der Waals surface area contributed by atoms with Gasteiger partial charge in [0.05, 0.1) is 12.7 Å². The Morgan fingerprint density at radius 2 is 2.12 bits per heavy atom. The minimum absolute atomic E-state index is 0.0179. The van der Waals surface area contributed by atoms with Gasteiger partial charge in [-0.2, -0.15) is 11.8 Å². The minimum atomic E-state index is -0.763. The van der Waals surface area contributed by atoms with Gasteiger partial charge in [0.2, 0.25) is 0 Å². The minimum Gasteiger partial charge on any atom is -0.481 e. The van der Waals surface area contributed by atoms with Crippen LogP contribution in [0.25, 0.3) is 0 Å². The third kappa shape index (κ3) is 3.37. The van der Waals surface area contributed by atoms with Gasteiger partial charge < -0.3 is 14.6 Å². The zero-order valence-corrected chi connectivity index (χ0v) is 10.1. The Hall–Kier alpha value is -0.260. The average Bonchev–Trinajstić information content (AvgIpc) is 2.76. The number of carbonyl (C=O) groups is 1. The lowest BCUT2D eigenvalue weighted by atomic mass is 10.0. The third-order valence-corrected chi connectivity index (χ3v) is 4.15. The normalized spacial score (nSPS) is 31.8. The maximum Gasteiger partial charge on any atom is 0.303 e. The van der Waals surface area contributed by atoms with Crippen LogP contribution in [-0.4, -0.2) is 41.6 Å². The van der Waals surface area contributed by atoms with Crippen LogP contribution in [0.2, 0.25) is 0 Å². The highest BCUT2D eigenvalue weighted by atomic mass is 32.2. The van der Waals surface area contributed by atoms with E-state index in [1.165, 1.54) is 11.5 Å². The zero-order chi connectivity index (χ0) is 11.4. The van der Waals surface area contributed by atoms with Gasteiger partial charge in [0, 0.05) is 12.3 Å². The van der Waals surface area contributed by atoms with Crippen molar-refractivity contribution in [3.05, 3.63) is 0 Å². The topological polar surface area (TPSA) is 55.8 Å². The molecule has 0 aromatic carbocycles. The maximum absolute atomic E-state index is 10.4. The quantitative estimate of drug-likeness (QED) is 0.818. The summed E-state index contributed by atoms with van der Waals surface area (Å²) in [4.78, 5) is 10.4. The standard InChI is InChI=1S/C11H18O4S/c12-10(13)2-1-9-7-14-11(15-9)8-3-5-16-6-4-8/h8-9,11H,1-7H2,(H,12,13). The summed E-state index contributed by atoms with van der Waals surface area (Å²) in [6, 6.07) is 0. The van der Waals surface area contributed by atoms with Crippen molar-refractivity contribution in [2.24, 2.45) is 5.92 Å². The van der Waals surface area contributed by atoms with Crippen LogP contribution in [0.5, 0.6) is 0 Å². The number of rotatable bonds is 4. The average molecular weight is 246 g/mol. The number of aliphatic carboxylic acids is 1.